The molecule has 0 bridgehead atoms. The first kappa shape index (κ1) is 26.2. The third-order valence-corrected chi connectivity index (χ3v) is 7.90. The van der Waals surface area contributed by atoms with Crippen LogP contribution in [-0.2, 0) is 13.0 Å². The van der Waals surface area contributed by atoms with Gasteiger partial charge in [-0.25, -0.2) is 4.39 Å². The lowest BCUT2D eigenvalue weighted by atomic mass is 10.0. The van der Waals surface area contributed by atoms with E-state index < -0.39 is 23.9 Å². The molecule has 0 radical (unpaired) electrons. The van der Waals surface area contributed by atoms with Crippen molar-refractivity contribution in [2.75, 3.05) is 19.3 Å². The van der Waals surface area contributed by atoms with Crippen LogP contribution < -0.4 is 5.32 Å². The van der Waals surface area contributed by atoms with Crippen LogP contribution in [0.5, 0.6) is 0 Å². The van der Waals surface area contributed by atoms with Crippen LogP contribution in [0.1, 0.15) is 33.1 Å². The minimum atomic E-state index is -0.754. The van der Waals surface area contributed by atoms with Crippen LogP contribution >= 0.6 is 11.8 Å². The fraction of sp³-hybridized carbons (Fsp3) is 0.219. The molecule has 0 heterocycles. The Kier molecular flexibility index (Phi) is 8.23. The molecule has 4 aromatic rings. The van der Waals surface area contributed by atoms with E-state index in [4.69, 9.17) is 0 Å². The quantitative estimate of drug-likeness (QED) is 0.259. The zero-order chi connectivity index (χ0) is 26.5. The van der Waals surface area contributed by atoms with Gasteiger partial charge in [0.05, 0.1) is 17.7 Å². The maximum atomic E-state index is 14.9. The van der Waals surface area contributed by atoms with E-state index in [2.05, 4.69) is 41.5 Å². The Morgan fingerprint density at radius 3 is 2.45 bits per heavy atom. The molecule has 1 aliphatic rings. The van der Waals surface area contributed by atoms with Gasteiger partial charge in [0.25, 0.3) is 5.91 Å². The van der Waals surface area contributed by atoms with Gasteiger partial charge in [0, 0.05) is 30.2 Å². The van der Waals surface area contributed by atoms with Crippen molar-refractivity contribution < 1.29 is 14.3 Å². The number of carbonyl (C=O) groups is 1. The fourth-order valence-electron chi connectivity index (χ4n) is 4.90. The molecule has 194 valence electrons. The second-order valence-electron chi connectivity index (χ2n) is 9.72. The van der Waals surface area contributed by atoms with E-state index in [1.165, 1.54) is 17.0 Å². The number of nitrogens with one attached hydrogen (secondary N) is 1. The maximum Gasteiger partial charge on any atom is 0.254 e. The number of nitrogens with zero attached hydrogens (tertiary/aromatic N) is 1. The number of aliphatic hydroxyl groups is 1. The Balaban J connectivity index is 1.23. The van der Waals surface area contributed by atoms with Crippen LogP contribution in [0.2, 0.25) is 0 Å². The standard InChI is InChI=1S/C32H31FN2O2S/c1-35(16-17-38-26-10-6-3-7-11-26)21-22-12-13-25-20-30(36)31(28(25)18-22)34-32(37)27-15-14-24(19-29(27)33)23-8-4-2-5-9-23/h2-15,18-19,30-31,36H,16-17,20-21H2,1H3,(H,34,37)/t30-,31-/m1/s1. The number of halogens is 1. The van der Waals surface area contributed by atoms with Crippen molar-refractivity contribution in [3.8, 4) is 11.1 Å². The molecule has 38 heavy (non-hydrogen) atoms. The minimum absolute atomic E-state index is 0.0304. The zero-order valence-corrected chi connectivity index (χ0v) is 22.1. The van der Waals surface area contributed by atoms with Gasteiger partial charge < -0.3 is 15.3 Å². The minimum Gasteiger partial charge on any atom is -0.390 e. The third kappa shape index (κ3) is 6.16. The Bertz CT molecular complexity index is 1400. The lowest BCUT2D eigenvalue weighted by molar-refractivity contribution is 0.0854. The lowest BCUT2D eigenvalue weighted by Crippen LogP contribution is -2.34. The summed E-state index contributed by atoms with van der Waals surface area (Å²) in [6.07, 6.45) is -0.296. The molecule has 0 unspecified atom stereocenters. The van der Waals surface area contributed by atoms with Crippen molar-refractivity contribution >= 4 is 17.7 Å². The van der Waals surface area contributed by atoms with Gasteiger partial charge in [-0.2, -0.15) is 0 Å². The van der Waals surface area contributed by atoms with E-state index in [-0.39, 0.29) is 5.56 Å². The molecule has 0 fully saturated rings. The smallest absolute Gasteiger partial charge is 0.254 e. The van der Waals surface area contributed by atoms with Gasteiger partial charge in [0.2, 0.25) is 0 Å². The van der Waals surface area contributed by atoms with Gasteiger partial charge in [0.15, 0.2) is 0 Å². The Labute approximate surface area is 227 Å². The number of thioether (sulfide) groups is 1. The van der Waals surface area contributed by atoms with Crippen LogP contribution in [0.3, 0.4) is 0 Å². The van der Waals surface area contributed by atoms with Gasteiger partial charge in [-0.3, -0.25) is 4.79 Å². The highest BCUT2D eigenvalue weighted by atomic mass is 32.2. The first-order valence-corrected chi connectivity index (χ1v) is 13.8. The predicted octanol–water partition coefficient (Wildman–Crippen LogP) is 6.10. The van der Waals surface area contributed by atoms with Gasteiger partial charge in [-0.05, 0) is 59.1 Å². The second kappa shape index (κ2) is 11.9. The topological polar surface area (TPSA) is 52.6 Å². The molecule has 5 rings (SSSR count). The molecular formula is C32H31FN2O2S. The molecule has 0 aliphatic heterocycles. The van der Waals surface area contributed by atoms with Crippen molar-refractivity contribution in [3.05, 3.63) is 125 Å². The zero-order valence-electron chi connectivity index (χ0n) is 21.3. The number of fused-ring (bicyclic) bond motifs is 1. The molecule has 0 saturated carbocycles. The average molecular weight is 527 g/mol. The molecule has 4 nitrogen and oxygen atoms in total. The van der Waals surface area contributed by atoms with E-state index >= 15 is 0 Å². The van der Waals surface area contributed by atoms with E-state index in [0.717, 1.165) is 41.1 Å². The molecule has 0 spiro atoms. The van der Waals surface area contributed by atoms with Crippen molar-refractivity contribution in [3.63, 3.8) is 0 Å². The molecule has 1 amide bonds. The SMILES string of the molecule is CN(CCSc1ccccc1)Cc1ccc2c(c1)[C@@H](NC(=O)c1ccc(-c3ccccc3)cc1F)[C@H](O)C2. The largest absolute Gasteiger partial charge is 0.390 e. The van der Waals surface area contributed by atoms with Crippen molar-refractivity contribution in [1.29, 1.82) is 0 Å². The molecule has 2 N–H and O–H groups in total. The van der Waals surface area contributed by atoms with Crippen LogP contribution in [0.4, 0.5) is 4.39 Å². The molecule has 2 atom stereocenters. The van der Waals surface area contributed by atoms with E-state index in [1.54, 1.807) is 6.07 Å². The number of hydrogen-bond acceptors (Lipinski definition) is 4. The summed E-state index contributed by atoms with van der Waals surface area (Å²) in [4.78, 5) is 16.6. The Hall–Kier alpha value is -3.45. The number of rotatable bonds is 9. The van der Waals surface area contributed by atoms with Crippen LogP contribution in [0.25, 0.3) is 11.1 Å². The fourth-order valence-corrected chi connectivity index (χ4v) is 5.89. The van der Waals surface area contributed by atoms with Gasteiger partial charge in [-0.15, -0.1) is 11.8 Å². The number of benzene rings is 4. The molecular weight excluding hydrogens is 495 g/mol. The molecule has 0 aromatic heterocycles. The number of carbonyl (C=O) groups excluding carboxylic acids is 1. The highest BCUT2D eigenvalue weighted by Crippen LogP contribution is 2.33. The summed E-state index contributed by atoms with van der Waals surface area (Å²) in [5.41, 5.74) is 4.58. The van der Waals surface area contributed by atoms with Crippen LogP contribution in [0, 0.1) is 5.82 Å². The number of hydrogen-bond donors (Lipinski definition) is 2. The van der Waals surface area contributed by atoms with Crippen LogP contribution in [-0.4, -0.2) is 41.4 Å². The summed E-state index contributed by atoms with van der Waals surface area (Å²) in [5, 5.41) is 13.6. The summed E-state index contributed by atoms with van der Waals surface area (Å²) in [6, 6.07) is 30.1. The average Bonchev–Trinajstić information content (AvgIpc) is 3.23. The predicted molar refractivity (Wildman–Crippen MR) is 152 cm³/mol. The summed E-state index contributed by atoms with van der Waals surface area (Å²) in [5.74, 6) is -0.128. The summed E-state index contributed by atoms with van der Waals surface area (Å²) < 4.78 is 14.9. The number of amides is 1. The van der Waals surface area contributed by atoms with Crippen molar-refractivity contribution in [2.45, 2.75) is 30.0 Å². The maximum absolute atomic E-state index is 14.9. The molecule has 6 heteroatoms. The van der Waals surface area contributed by atoms with Crippen molar-refractivity contribution in [2.24, 2.45) is 0 Å². The molecule has 4 aromatic carbocycles. The van der Waals surface area contributed by atoms with E-state index in [0.29, 0.717) is 12.0 Å². The normalized spacial score (nSPS) is 16.4. The highest BCUT2D eigenvalue weighted by Gasteiger charge is 2.33. The lowest BCUT2D eigenvalue weighted by Gasteiger charge is -2.20. The van der Waals surface area contributed by atoms with Gasteiger partial charge in [-0.1, -0.05) is 72.8 Å². The van der Waals surface area contributed by atoms with E-state index in [1.807, 2.05) is 66.4 Å². The molecule has 1 aliphatic carbocycles. The highest BCUT2D eigenvalue weighted by molar-refractivity contribution is 7.99. The first-order valence-electron chi connectivity index (χ1n) is 12.8. The monoisotopic (exact) mass is 526 g/mol. The summed E-state index contributed by atoms with van der Waals surface area (Å²) in [6.45, 7) is 1.69. The summed E-state index contributed by atoms with van der Waals surface area (Å²) >= 11 is 1.83. The van der Waals surface area contributed by atoms with E-state index in [9.17, 15) is 14.3 Å². The number of aliphatic hydroxyl groups excluding tert-OH is 1. The first-order chi connectivity index (χ1) is 18.5. The van der Waals surface area contributed by atoms with Crippen LogP contribution in [0.15, 0.2) is 102 Å². The second-order valence-corrected chi connectivity index (χ2v) is 10.9. The van der Waals surface area contributed by atoms with Crippen molar-refractivity contribution in [1.82, 2.24) is 10.2 Å². The summed E-state index contributed by atoms with van der Waals surface area (Å²) in [7, 11) is 2.09. The third-order valence-electron chi connectivity index (χ3n) is 6.90. The van der Waals surface area contributed by atoms with Gasteiger partial charge >= 0.3 is 0 Å². The Morgan fingerprint density at radius 2 is 1.71 bits per heavy atom. The molecule has 0 saturated heterocycles. The van der Waals surface area contributed by atoms with Gasteiger partial charge in [0.1, 0.15) is 5.82 Å². The Morgan fingerprint density at radius 1 is 0.974 bits per heavy atom.